The fourth-order valence-electron chi connectivity index (χ4n) is 3.31. The van der Waals surface area contributed by atoms with Crippen LogP contribution in [0.3, 0.4) is 0 Å². The Bertz CT molecular complexity index is 1220. The van der Waals surface area contributed by atoms with Gasteiger partial charge in [0.15, 0.2) is 0 Å². The van der Waals surface area contributed by atoms with E-state index in [-0.39, 0.29) is 29.7 Å². The predicted molar refractivity (Wildman–Crippen MR) is 96.6 cm³/mol. The molecule has 1 aliphatic rings. The van der Waals surface area contributed by atoms with E-state index in [2.05, 4.69) is 15.1 Å². The molecule has 2 amide bonds. The third-order valence-electron chi connectivity index (χ3n) is 4.83. The number of hydrogen-bond donors (Lipinski definition) is 0. The average molecular weight is 433 g/mol. The van der Waals surface area contributed by atoms with E-state index in [1.165, 1.54) is 19.1 Å². The molecule has 0 aliphatic carbocycles. The summed E-state index contributed by atoms with van der Waals surface area (Å²) in [6.07, 6.45) is -4.92. The molecule has 160 valence electrons. The van der Waals surface area contributed by atoms with Gasteiger partial charge in [-0.15, -0.1) is 5.10 Å². The van der Waals surface area contributed by atoms with Crippen molar-refractivity contribution in [1.29, 1.82) is 0 Å². The van der Waals surface area contributed by atoms with Crippen molar-refractivity contribution in [2.24, 2.45) is 0 Å². The minimum absolute atomic E-state index is 0.0455. The van der Waals surface area contributed by atoms with Gasteiger partial charge in [-0.2, -0.15) is 18.2 Å². The summed E-state index contributed by atoms with van der Waals surface area (Å²) in [6, 6.07) is 6.06. The maximum Gasteiger partial charge on any atom is 0.453 e. The van der Waals surface area contributed by atoms with E-state index >= 15 is 0 Å². The van der Waals surface area contributed by atoms with Crippen LogP contribution in [-0.2, 0) is 22.2 Å². The molecule has 0 bridgehead atoms. The molecule has 1 aliphatic heterocycles. The molecule has 3 aromatic rings. The van der Waals surface area contributed by atoms with Crippen LogP contribution in [0, 0.1) is 13.8 Å². The van der Waals surface area contributed by atoms with E-state index in [4.69, 9.17) is 4.84 Å². The Morgan fingerprint density at radius 2 is 1.68 bits per heavy atom. The molecule has 1 aromatic carbocycles. The highest BCUT2D eigenvalue weighted by Gasteiger charge is 2.39. The summed E-state index contributed by atoms with van der Waals surface area (Å²) < 4.78 is 39.6. The fraction of sp³-hybridized carbons (Fsp3) is 0.263. The van der Waals surface area contributed by atoms with Gasteiger partial charge in [0.2, 0.25) is 0 Å². The van der Waals surface area contributed by atoms with E-state index in [1.807, 2.05) is 0 Å². The highest BCUT2D eigenvalue weighted by atomic mass is 19.4. The molecule has 0 unspecified atom stereocenters. The third-order valence-corrected chi connectivity index (χ3v) is 4.83. The maximum atomic E-state index is 12.9. The molecule has 4 rings (SSSR count). The molecule has 12 heteroatoms. The first kappa shape index (κ1) is 20.4. The molecule has 9 nitrogen and oxygen atoms in total. The van der Waals surface area contributed by atoms with Gasteiger partial charge >= 0.3 is 12.1 Å². The molecule has 0 fully saturated rings. The largest absolute Gasteiger partial charge is 0.453 e. The number of benzene rings is 1. The number of amides is 2. The molecule has 2 aromatic heterocycles. The zero-order chi connectivity index (χ0) is 22.5. The van der Waals surface area contributed by atoms with E-state index < -0.39 is 29.8 Å². The van der Waals surface area contributed by atoms with Crippen LogP contribution in [0.25, 0.3) is 5.78 Å². The van der Waals surface area contributed by atoms with Gasteiger partial charge in [-0.1, -0.05) is 17.2 Å². The van der Waals surface area contributed by atoms with Crippen molar-refractivity contribution in [3.63, 3.8) is 0 Å². The first-order valence-corrected chi connectivity index (χ1v) is 9.06. The summed E-state index contributed by atoms with van der Waals surface area (Å²) in [5.41, 5.74) is 1.45. The fourth-order valence-corrected chi connectivity index (χ4v) is 3.31. The van der Waals surface area contributed by atoms with Crippen molar-refractivity contribution < 1.29 is 32.4 Å². The maximum absolute atomic E-state index is 12.9. The molecule has 0 atom stereocenters. The Labute approximate surface area is 172 Å². The van der Waals surface area contributed by atoms with E-state index in [9.17, 15) is 27.6 Å². The molecule has 0 saturated heterocycles. The Balaban J connectivity index is 1.50. The van der Waals surface area contributed by atoms with Gasteiger partial charge in [-0.05, 0) is 38.0 Å². The number of aryl methyl sites for hydroxylation is 2. The highest BCUT2D eigenvalue weighted by molar-refractivity contribution is 6.20. The number of aromatic nitrogens is 4. The summed E-state index contributed by atoms with van der Waals surface area (Å²) in [5, 5.41) is 3.85. The monoisotopic (exact) mass is 433 g/mol. The third kappa shape index (κ3) is 3.49. The van der Waals surface area contributed by atoms with Crippen molar-refractivity contribution in [2.45, 2.75) is 32.9 Å². The van der Waals surface area contributed by atoms with Gasteiger partial charge in [0, 0.05) is 11.4 Å². The lowest BCUT2D eigenvalue weighted by Crippen LogP contribution is -2.32. The number of carbonyl (C=O) groups is 3. The predicted octanol–water partition coefficient (Wildman–Crippen LogP) is 2.45. The average Bonchev–Trinajstić information content (AvgIpc) is 3.24. The van der Waals surface area contributed by atoms with Gasteiger partial charge in [-0.3, -0.25) is 9.59 Å². The van der Waals surface area contributed by atoms with Gasteiger partial charge in [0.05, 0.1) is 17.5 Å². The minimum atomic E-state index is -4.72. The summed E-state index contributed by atoms with van der Waals surface area (Å²) >= 11 is 0. The van der Waals surface area contributed by atoms with Crippen molar-refractivity contribution >= 4 is 23.6 Å². The molecule has 0 spiro atoms. The first-order valence-electron chi connectivity index (χ1n) is 9.06. The topological polar surface area (TPSA) is 107 Å². The number of imide groups is 1. The standard InChI is InChI=1S/C19H14F3N5O4/c1-9-11(10(2)26-18(23-9)24-17(25-26)19(20,21)22)7-8-14(28)31-27-15(29)12-5-3-4-6-13(12)16(27)30/h3-6H,7-8H2,1-2H3. The second-order valence-electron chi connectivity index (χ2n) is 6.82. The van der Waals surface area contributed by atoms with Crippen molar-refractivity contribution in [2.75, 3.05) is 0 Å². The van der Waals surface area contributed by atoms with E-state index in [0.29, 0.717) is 22.0 Å². The number of hydrogen-bond acceptors (Lipinski definition) is 7. The van der Waals surface area contributed by atoms with Crippen LogP contribution < -0.4 is 0 Å². The van der Waals surface area contributed by atoms with Crippen LogP contribution in [0.2, 0.25) is 0 Å². The number of halogens is 3. The van der Waals surface area contributed by atoms with Crippen LogP contribution >= 0.6 is 0 Å². The normalized spacial score (nSPS) is 13.8. The summed E-state index contributed by atoms with van der Waals surface area (Å²) in [6.45, 7) is 3.10. The van der Waals surface area contributed by atoms with Gasteiger partial charge in [0.1, 0.15) is 0 Å². The van der Waals surface area contributed by atoms with E-state index in [1.54, 1.807) is 19.1 Å². The van der Waals surface area contributed by atoms with Crippen molar-refractivity contribution in [3.05, 3.63) is 58.2 Å². The Kier molecular flexibility index (Phi) is 4.71. The van der Waals surface area contributed by atoms with Crippen LogP contribution in [0.15, 0.2) is 24.3 Å². The van der Waals surface area contributed by atoms with E-state index in [0.717, 1.165) is 4.52 Å². The minimum Gasteiger partial charge on any atom is -0.330 e. The number of alkyl halides is 3. The molecule has 3 heterocycles. The van der Waals surface area contributed by atoms with Crippen LogP contribution in [-0.4, -0.2) is 42.4 Å². The number of nitrogens with zero attached hydrogens (tertiary/aromatic N) is 5. The number of hydroxylamine groups is 2. The lowest BCUT2D eigenvalue weighted by Gasteiger charge is -2.13. The first-order chi connectivity index (χ1) is 14.6. The molecule has 31 heavy (non-hydrogen) atoms. The molecular formula is C19H14F3N5O4. The molecular weight excluding hydrogens is 419 g/mol. The Morgan fingerprint density at radius 1 is 1.06 bits per heavy atom. The second kappa shape index (κ2) is 7.15. The summed E-state index contributed by atoms with van der Waals surface area (Å²) in [5.74, 6) is -3.87. The number of rotatable bonds is 4. The summed E-state index contributed by atoms with van der Waals surface area (Å²) in [4.78, 5) is 49.1. The van der Waals surface area contributed by atoms with Gasteiger partial charge in [0.25, 0.3) is 23.4 Å². The molecule has 0 saturated carbocycles. The smallest absolute Gasteiger partial charge is 0.330 e. The SMILES string of the molecule is Cc1nc2nc(C(F)(F)F)nn2c(C)c1CCC(=O)ON1C(=O)c2ccccc2C1=O. The lowest BCUT2D eigenvalue weighted by atomic mass is 10.1. The zero-order valence-electron chi connectivity index (χ0n) is 16.2. The number of fused-ring (bicyclic) bond motifs is 2. The van der Waals surface area contributed by atoms with Gasteiger partial charge < -0.3 is 4.84 Å². The number of carbonyl (C=O) groups excluding carboxylic acids is 3. The highest BCUT2D eigenvalue weighted by Crippen LogP contribution is 2.27. The lowest BCUT2D eigenvalue weighted by molar-refractivity contribution is -0.168. The Morgan fingerprint density at radius 3 is 2.26 bits per heavy atom. The quantitative estimate of drug-likeness (QED) is 0.582. The van der Waals surface area contributed by atoms with Crippen molar-refractivity contribution in [3.8, 4) is 0 Å². The van der Waals surface area contributed by atoms with Gasteiger partial charge in [-0.25, -0.2) is 14.3 Å². The van der Waals surface area contributed by atoms with Crippen LogP contribution in [0.5, 0.6) is 0 Å². The van der Waals surface area contributed by atoms with Crippen LogP contribution in [0.4, 0.5) is 13.2 Å². The Hall–Kier alpha value is -3.83. The van der Waals surface area contributed by atoms with Crippen LogP contribution in [0.1, 0.15) is 49.9 Å². The van der Waals surface area contributed by atoms with Crippen molar-refractivity contribution in [1.82, 2.24) is 24.6 Å². The second-order valence-corrected chi connectivity index (χ2v) is 6.82. The summed E-state index contributed by atoms with van der Waals surface area (Å²) in [7, 11) is 0. The zero-order valence-corrected chi connectivity index (χ0v) is 16.2. The molecule has 0 radical (unpaired) electrons. The molecule has 0 N–H and O–H groups in total.